The lowest BCUT2D eigenvalue weighted by Crippen LogP contribution is -2.11. The maximum atomic E-state index is 12.9. The van der Waals surface area contributed by atoms with Gasteiger partial charge in [-0.3, -0.25) is 0 Å². The van der Waals surface area contributed by atoms with Gasteiger partial charge in [-0.2, -0.15) is 0 Å². The van der Waals surface area contributed by atoms with E-state index in [-0.39, 0.29) is 25.0 Å². The highest BCUT2D eigenvalue weighted by Gasteiger charge is 2.29. The summed E-state index contributed by atoms with van der Waals surface area (Å²) in [7, 11) is -6.03. The van der Waals surface area contributed by atoms with Gasteiger partial charge in [0.15, 0.2) is 5.03 Å². The summed E-state index contributed by atoms with van der Waals surface area (Å²) in [6, 6.07) is 6.33. The number of sulfone groups is 2. The highest BCUT2D eigenvalue weighted by molar-refractivity contribution is 7.94. The first kappa shape index (κ1) is 19.8. The molecule has 0 saturated carbocycles. The number of nitrogens with one attached hydrogen (secondary N) is 1. The molecule has 2 rings (SSSR count). The molecule has 0 spiro atoms. The summed E-state index contributed by atoms with van der Waals surface area (Å²) >= 11 is 0.821. The van der Waals surface area contributed by atoms with E-state index in [9.17, 15) is 16.8 Å². The SMILES string of the molecule is CCS(=O)(=O)c1nc(S(=O)(=O)c2ccc(C)cc2)c(NCCOC)s1. The van der Waals surface area contributed by atoms with Crippen molar-refractivity contribution >= 4 is 36.0 Å². The van der Waals surface area contributed by atoms with Crippen molar-refractivity contribution in [1.29, 1.82) is 0 Å². The lowest BCUT2D eigenvalue weighted by molar-refractivity contribution is 0.211. The van der Waals surface area contributed by atoms with Crippen molar-refractivity contribution in [2.75, 3.05) is 31.3 Å². The molecule has 1 aromatic heterocycles. The van der Waals surface area contributed by atoms with Crippen molar-refractivity contribution in [3.05, 3.63) is 29.8 Å². The van der Waals surface area contributed by atoms with Gasteiger partial charge >= 0.3 is 0 Å². The second kappa shape index (κ2) is 7.81. The summed E-state index contributed by atoms with van der Waals surface area (Å²) in [6.07, 6.45) is 0. The molecule has 1 aromatic carbocycles. The Morgan fingerprint density at radius 1 is 1.16 bits per heavy atom. The summed E-state index contributed by atoms with van der Waals surface area (Å²) < 4.78 is 54.7. The summed E-state index contributed by atoms with van der Waals surface area (Å²) in [5.74, 6) is -0.151. The molecular formula is C15H20N2O5S3. The van der Waals surface area contributed by atoms with Gasteiger partial charge in [-0.05, 0) is 19.1 Å². The Bertz CT molecular complexity index is 932. The van der Waals surface area contributed by atoms with E-state index in [2.05, 4.69) is 10.3 Å². The normalized spacial score (nSPS) is 12.3. The number of hydrogen-bond acceptors (Lipinski definition) is 8. The monoisotopic (exact) mass is 404 g/mol. The number of aryl methyl sites for hydroxylation is 1. The van der Waals surface area contributed by atoms with E-state index in [1.807, 2.05) is 6.92 Å². The predicted molar refractivity (Wildman–Crippen MR) is 96.8 cm³/mol. The van der Waals surface area contributed by atoms with Gasteiger partial charge in [0.05, 0.1) is 17.3 Å². The van der Waals surface area contributed by atoms with Crippen molar-refractivity contribution in [2.24, 2.45) is 0 Å². The van der Waals surface area contributed by atoms with Crippen LogP contribution in [0.3, 0.4) is 0 Å². The van der Waals surface area contributed by atoms with Crippen LogP contribution in [0, 0.1) is 6.92 Å². The number of aromatic nitrogens is 1. The predicted octanol–water partition coefficient (Wildman–Crippen LogP) is 2.14. The minimum absolute atomic E-state index is 0.0682. The van der Waals surface area contributed by atoms with Gasteiger partial charge in [-0.15, -0.1) is 0 Å². The molecular weight excluding hydrogens is 384 g/mol. The molecule has 0 amide bonds. The average Bonchev–Trinajstić information content (AvgIpc) is 3.01. The maximum absolute atomic E-state index is 12.9. The van der Waals surface area contributed by atoms with Crippen molar-refractivity contribution in [3.8, 4) is 0 Å². The molecule has 25 heavy (non-hydrogen) atoms. The van der Waals surface area contributed by atoms with Gasteiger partial charge < -0.3 is 10.1 Å². The fourth-order valence-corrected chi connectivity index (χ4v) is 5.96. The number of benzene rings is 1. The number of hydrogen-bond donors (Lipinski definition) is 1. The number of methoxy groups -OCH3 is 1. The van der Waals surface area contributed by atoms with Crippen molar-refractivity contribution in [1.82, 2.24) is 4.98 Å². The largest absolute Gasteiger partial charge is 0.383 e. The van der Waals surface area contributed by atoms with Gasteiger partial charge in [-0.25, -0.2) is 21.8 Å². The Labute approximate surface area is 151 Å². The first-order valence-corrected chi connectivity index (χ1v) is 11.5. The fourth-order valence-electron chi connectivity index (χ4n) is 1.93. The van der Waals surface area contributed by atoms with Gasteiger partial charge in [0, 0.05) is 13.7 Å². The minimum atomic E-state index is -3.94. The smallest absolute Gasteiger partial charge is 0.226 e. The van der Waals surface area contributed by atoms with Crippen molar-refractivity contribution < 1.29 is 21.6 Å². The Balaban J connectivity index is 2.55. The molecule has 0 saturated heterocycles. The highest BCUT2D eigenvalue weighted by atomic mass is 32.2. The Kier molecular flexibility index (Phi) is 6.20. The molecule has 7 nitrogen and oxygen atoms in total. The van der Waals surface area contributed by atoms with E-state index in [1.54, 1.807) is 12.1 Å². The van der Waals surface area contributed by atoms with Crippen molar-refractivity contribution in [2.45, 2.75) is 28.1 Å². The van der Waals surface area contributed by atoms with Gasteiger partial charge in [-0.1, -0.05) is 36.0 Å². The van der Waals surface area contributed by atoms with E-state index in [4.69, 9.17) is 4.74 Å². The molecule has 0 unspecified atom stereocenters. The minimum Gasteiger partial charge on any atom is -0.383 e. The van der Waals surface area contributed by atoms with Crippen LogP contribution in [0.1, 0.15) is 12.5 Å². The van der Waals surface area contributed by atoms with Crippen LogP contribution >= 0.6 is 11.3 Å². The number of nitrogens with zero attached hydrogens (tertiary/aromatic N) is 1. The topological polar surface area (TPSA) is 102 Å². The molecule has 10 heteroatoms. The number of anilines is 1. The second-order valence-corrected chi connectivity index (χ2v) is 10.6. The van der Waals surface area contributed by atoms with Crippen LogP contribution in [-0.4, -0.2) is 47.8 Å². The van der Waals surface area contributed by atoms with Crippen LogP contribution in [-0.2, 0) is 24.4 Å². The number of ether oxygens (including phenoxy) is 1. The molecule has 0 aliphatic rings. The summed E-state index contributed by atoms with van der Waals surface area (Å²) in [5.41, 5.74) is 0.921. The molecule has 138 valence electrons. The van der Waals surface area contributed by atoms with Crippen LogP contribution in [0.25, 0.3) is 0 Å². The Morgan fingerprint density at radius 3 is 2.36 bits per heavy atom. The highest BCUT2D eigenvalue weighted by Crippen LogP contribution is 2.34. The third-order valence-corrected chi connectivity index (χ3v) is 8.43. The average molecular weight is 405 g/mol. The summed E-state index contributed by atoms with van der Waals surface area (Å²) in [4.78, 5) is 4.01. The molecule has 0 aliphatic carbocycles. The molecule has 0 bridgehead atoms. The fraction of sp³-hybridized carbons (Fsp3) is 0.400. The standard InChI is InChI=1S/C15H20N2O5S3/c1-4-24(18,19)15-17-14(13(23-15)16-9-10-22-3)25(20,21)12-7-5-11(2)6-8-12/h5-8,16H,4,9-10H2,1-3H3. The van der Waals surface area contributed by atoms with Crippen LogP contribution in [0.4, 0.5) is 5.00 Å². The first-order chi connectivity index (χ1) is 11.7. The Morgan fingerprint density at radius 2 is 1.80 bits per heavy atom. The van der Waals surface area contributed by atoms with Gasteiger partial charge in [0.1, 0.15) is 5.00 Å². The zero-order valence-electron chi connectivity index (χ0n) is 14.1. The lowest BCUT2D eigenvalue weighted by Gasteiger charge is -2.07. The van der Waals surface area contributed by atoms with Crippen molar-refractivity contribution in [3.63, 3.8) is 0 Å². The first-order valence-electron chi connectivity index (χ1n) is 7.50. The second-order valence-electron chi connectivity index (χ2n) is 5.25. The van der Waals surface area contributed by atoms with Crippen LogP contribution in [0.15, 0.2) is 38.5 Å². The van der Waals surface area contributed by atoms with E-state index >= 15 is 0 Å². The third-order valence-electron chi connectivity index (χ3n) is 3.40. The molecule has 1 N–H and O–H groups in total. The van der Waals surface area contributed by atoms with Crippen LogP contribution < -0.4 is 5.32 Å². The number of thiazole rings is 1. The number of rotatable bonds is 8. The van der Waals surface area contributed by atoms with E-state index in [1.165, 1.54) is 26.2 Å². The van der Waals surface area contributed by atoms with E-state index in [0.29, 0.717) is 13.2 Å². The van der Waals surface area contributed by atoms with Crippen LogP contribution in [0.2, 0.25) is 0 Å². The summed E-state index contributed by atoms with van der Waals surface area (Å²) in [6.45, 7) is 4.02. The van der Waals surface area contributed by atoms with E-state index < -0.39 is 19.7 Å². The van der Waals surface area contributed by atoms with Gasteiger partial charge in [0.25, 0.3) is 0 Å². The zero-order chi connectivity index (χ0) is 18.7. The van der Waals surface area contributed by atoms with Crippen LogP contribution in [0.5, 0.6) is 0 Å². The molecule has 0 atom stereocenters. The molecule has 0 aliphatic heterocycles. The molecule has 2 aromatic rings. The quantitative estimate of drug-likeness (QED) is 0.672. The molecule has 0 fully saturated rings. The maximum Gasteiger partial charge on any atom is 0.226 e. The summed E-state index contributed by atoms with van der Waals surface area (Å²) in [5, 5.41) is 2.83. The zero-order valence-corrected chi connectivity index (χ0v) is 16.6. The Hall–Kier alpha value is -1.49. The lowest BCUT2D eigenvalue weighted by atomic mass is 10.2. The van der Waals surface area contributed by atoms with Gasteiger partial charge in [0.2, 0.25) is 24.0 Å². The third kappa shape index (κ3) is 4.38. The molecule has 0 radical (unpaired) electrons. The van der Waals surface area contributed by atoms with E-state index in [0.717, 1.165) is 16.9 Å². The molecule has 1 heterocycles.